The van der Waals surface area contributed by atoms with Gasteiger partial charge < -0.3 is 19.5 Å². The van der Waals surface area contributed by atoms with Gasteiger partial charge in [-0.25, -0.2) is 4.79 Å². The summed E-state index contributed by atoms with van der Waals surface area (Å²) in [5.41, 5.74) is 1.91. The number of amides is 2. The lowest BCUT2D eigenvalue weighted by molar-refractivity contribution is 0.0987. The van der Waals surface area contributed by atoms with E-state index in [1.807, 2.05) is 0 Å². The van der Waals surface area contributed by atoms with E-state index >= 15 is 0 Å². The van der Waals surface area contributed by atoms with E-state index in [-0.39, 0.29) is 11.9 Å². The number of carbonyl (C=O) groups excluding carboxylic acids is 2. The normalized spacial score (nSPS) is 13.1. The van der Waals surface area contributed by atoms with Crippen molar-refractivity contribution in [2.45, 2.75) is 26.8 Å². The molecule has 1 aliphatic rings. The zero-order chi connectivity index (χ0) is 18.0. The van der Waals surface area contributed by atoms with Crippen LogP contribution in [0.15, 0.2) is 10.6 Å². The summed E-state index contributed by atoms with van der Waals surface area (Å²) < 4.78 is 9.96. The molecular weight excluding hydrogens is 344 g/mol. The first-order valence-electron chi connectivity index (χ1n) is 7.74. The van der Waals surface area contributed by atoms with Gasteiger partial charge in [0.15, 0.2) is 0 Å². The number of rotatable bonds is 3. The molecule has 25 heavy (non-hydrogen) atoms. The van der Waals surface area contributed by atoms with Crippen molar-refractivity contribution < 1.29 is 18.8 Å². The molecule has 130 valence electrons. The molecule has 8 nitrogen and oxygen atoms in total. The number of ether oxygens (including phenoxy) is 1. The van der Waals surface area contributed by atoms with Crippen LogP contribution in [-0.4, -0.2) is 35.2 Å². The summed E-state index contributed by atoms with van der Waals surface area (Å²) in [4.78, 5) is 26.6. The third-order valence-corrected chi connectivity index (χ3v) is 4.91. The van der Waals surface area contributed by atoms with Gasteiger partial charge >= 0.3 is 6.09 Å². The number of aromatic nitrogens is 1. The lowest BCUT2D eigenvalue weighted by Gasteiger charge is -2.25. The first-order chi connectivity index (χ1) is 12.0. The minimum absolute atomic E-state index is 0.0842. The van der Waals surface area contributed by atoms with Crippen molar-refractivity contribution in [1.29, 1.82) is 5.26 Å². The molecule has 0 unspecified atom stereocenters. The van der Waals surface area contributed by atoms with Crippen molar-refractivity contribution in [3.05, 3.63) is 33.5 Å². The Morgan fingerprint density at radius 2 is 2.36 bits per heavy atom. The molecule has 3 rings (SSSR count). The predicted molar refractivity (Wildman–Crippen MR) is 89.4 cm³/mol. The lowest BCUT2D eigenvalue weighted by Crippen LogP contribution is -2.35. The highest BCUT2D eigenvalue weighted by molar-refractivity contribution is 7.16. The Morgan fingerprint density at radius 1 is 1.56 bits per heavy atom. The topological polar surface area (TPSA) is 108 Å². The maximum absolute atomic E-state index is 12.2. The standard InChI is InChI=1S/C16H16N4O4S/c1-3-23-16(22)20-5-4-10-11(7-17)15(25-13(10)8-20)18-14(21)12-6-9(2)19-24-12/h6H,3-5,8H2,1-2H3,(H,18,21). The molecule has 2 aromatic heterocycles. The SMILES string of the molecule is CCOC(=O)N1CCc2c(sc(NC(=O)c3cc(C)no3)c2C#N)C1. The van der Waals surface area contributed by atoms with Gasteiger partial charge in [0.2, 0.25) is 5.76 Å². The molecular formula is C16H16N4O4S. The van der Waals surface area contributed by atoms with Crippen LogP contribution in [0.3, 0.4) is 0 Å². The molecule has 9 heteroatoms. The second-order valence-corrected chi connectivity index (χ2v) is 6.58. The maximum atomic E-state index is 12.2. The Kier molecular flexibility index (Phi) is 4.72. The Labute approximate surface area is 148 Å². The van der Waals surface area contributed by atoms with E-state index in [4.69, 9.17) is 9.26 Å². The van der Waals surface area contributed by atoms with Gasteiger partial charge in [-0.1, -0.05) is 5.16 Å². The quantitative estimate of drug-likeness (QED) is 0.901. The van der Waals surface area contributed by atoms with E-state index in [0.717, 1.165) is 10.4 Å². The minimum Gasteiger partial charge on any atom is -0.450 e. The van der Waals surface area contributed by atoms with Crippen LogP contribution in [0.2, 0.25) is 0 Å². The van der Waals surface area contributed by atoms with Gasteiger partial charge in [-0.3, -0.25) is 4.79 Å². The van der Waals surface area contributed by atoms with Gasteiger partial charge in [0.05, 0.1) is 24.4 Å². The zero-order valence-electron chi connectivity index (χ0n) is 13.8. The van der Waals surface area contributed by atoms with E-state index in [1.165, 1.54) is 17.4 Å². The molecule has 0 saturated carbocycles. The number of hydrogen-bond donors (Lipinski definition) is 1. The van der Waals surface area contributed by atoms with Gasteiger partial charge in [0.25, 0.3) is 5.91 Å². The molecule has 0 aromatic carbocycles. The molecule has 0 aliphatic carbocycles. The highest BCUT2D eigenvalue weighted by Gasteiger charge is 2.28. The zero-order valence-corrected chi connectivity index (χ0v) is 14.6. The summed E-state index contributed by atoms with van der Waals surface area (Å²) in [6, 6.07) is 3.67. The molecule has 0 saturated heterocycles. The summed E-state index contributed by atoms with van der Waals surface area (Å²) in [6.07, 6.45) is 0.174. The van der Waals surface area contributed by atoms with Gasteiger partial charge in [-0.15, -0.1) is 11.3 Å². The Morgan fingerprint density at radius 3 is 3.00 bits per heavy atom. The van der Waals surface area contributed by atoms with Crippen molar-refractivity contribution in [3.8, 4) is 6.07 Å². The fraction of sp³-hybridized carbons (Fsp3) is 0.375. The summed E-state index contributed by atoms with van der Waals surface area (Å²) in [7, 11) is 0. The highest BCUT2D eigenvalue weighted by Crippen LogP contribution is 2.37. The molecule has 0 atom stereocenters. The second kappa shape index (κ2) is 6.94. The molecule has 2 aromatic rings. The van der Waals surface area contributed by atoms with Crippen LogP contribution in [0.4, 0.5) is 9.80 Å². The van der Waals surface area contributed by atoms with E-state index in [2.05, 4.69) is 16.5 Å². The monoisotopic (exact) mass is 360 g/mol. The summed E-state index contributed by atoms with van der Waals surface area (Å²) in [5.74, 6) is -0.376. The van der Waals surface area contributed by atoms with Crippen LogP contribution in [0.5, 0.6) is 0 Å². The summed E-state index contributed by atoms with van der Waals surface area (Å²) in [5, 5.41) is 16.3. The second-order valence-electron chi connectivity index (χ2n) is 5.48. The van der Waals surface area contributed by atoms with Gasteiger partial charge in [-0.05, 0) is 25.8 Å². The molecule has 0 fully saturated rings. The predicted octanol–water partition coefficient (Wildman–Crippen LogP) is 2.68. The number of thiophene rings is 1. The number of nitrogens with one attached hydrogen (secondary N) is 1. The van der Waals surface area contributed by atoms with E-state index in [1.54, 1.807) is 18.7 Å². The Hall–Kier alpha value is -2.86. The van der Waals surface area contributed by atoms with Crippen LogP contribution >= 0.6 is 11.3 Å². The van der Waals surface area contributed by atoms with Crippen molar-refractivity contribution in [2.75, 3.05) is 18.5 Å². The first-order valence-corrected chi connectivity index (χ1v) is 8.56. The highest BCUT2D eigenvalue weighted by atomic mass is 32.1. The average Bonchev–Trinajstić information content (AvgIpc) is 3.17. The average molecular weight is 360 g/mol. The van der Waals surface area contributed by atoms with E-state index < -0.39 is 5.91 Å². The van der Waals surface area contributed by atoms with Gasteiger partial charge in [0.1, 0.15) is 11.1 Å². The third-order valence-electron chi connectivity index (χ3n) is 3.77. The summed E-state index contributed by atoms with van der Waals surface area (Å²) >= 11 is 1.29. The smallest absolute Gasteiger partial charge is 0.410 e. The molecule has 0 radical (unpaired) electrons. The molecule has 3 heterocycles. The largest absolute Gasteiger partial charge is 0.450 e. The number of fused-ring (bicyclic) bond motifs is 1. The number of nitrogens with zero attached hydrogens (tertiary/aromatic N) is 3. The Balaban J connectivity index is 1.82. The molecule has 1 aliphatic heterocycles. The van der Waals surface area contributed by atoms with Gasteiger partial charge in [-0.2, -0.15) is 5.26 Å². The number of carbonyl (C=O) groups is 2. The molecule has 1 N–H and O–H groups in total. The molecule has 0 bridgehead atoms. The number of hydrogen-bond acceptors (Lipinski definition) is 7. The van der Waals surface area contributed by atoms with Gasteiger partial charge in [0, 0.05) is 17.5 Å². The fourth-order valence-electron chi connectivity index (χ4n) is 2.62. The number of anilines is 1. The maximum Gasteiger partial charge on any atom is 0.410 e. The van der Waals surface area contributed by atoms with Crippen molar-refractivity contribution in [3.63, 3.8) is 0 Å². The third kappa shape index (κ3) is 3.34. The molecule has 0 spiro atoms. The summed E-state index contributed by atoms with van der Waals surface area (Å²) in [6.45, 7) is 4.63. The van der Waals surface area contributed by atoms with Crippen LogP contribution in [-0.2, 0) is 17.7 Å². The van der Waals surface area contributed by atoms with E-state index in [0.29, 0.717) is 42.4 Å². The van der Waals surface area contributed by atoms with Crippen molar-refractivity contribution in [2.24, 2.45) is 0 Å². The minimum atomic E-state index is -0.460. The van der Waals surface area contributed by atoms with Crippen molar-refractivity contribution >= 4 is 28.3 Å². The van der Waals surface area contributed by atoms with Crippen LogP contribution in [0, 0.1) is 18.3 Å². The molecule has 2 amide bonds. The van der Waals surface area contributed by atoms with Crippen molar-refractivity contribution in [1.82, 2.24) is 10.1 Å². The van der Waals surface area contributed by atoms with E-state index in [9.17, 15) is 14.9 Å². The first kappa shape index (κ1) is 17.0. The van der Waals surface area contributed by atoms with Crippen LogP contribution in [0.25, 0.3) is 0 Å². The fourth-order valence-corrected chi connectivity index (χ4v) is 3.82. The lowest BCUT2D eigenvalue weighted by atomic mass is 10.0. The van der Waals surface area contributed by atoms with Crippen LogP contribution in [0.1, 0.15) is 39.2 Å². The van der Waals surface area contributed by atoms with Crippen LogP contribution < -0.4 is 5.32 Å². The number of aryl methyl sites for hydroxylation is 1. The number of nitriles is 1. The Bertz CT molecular complexity index is 864.